The van der Waals surface area contributed by atoms with E-state index in [1.54, 1.807) is 18.2 Å². The van der Waals surface area contributed by atoms with Gasteiger partial charge in [0.25, 0.3) is 11.8 Å². The fraction of sp³-hybridized carbons (Fsp3) is 0.111. The first-order valence-corrected chi connectivity index (χ1v) is 4.04. The number of amides is 2. The summed E-state index contributed by atoms with van der Waals surface area (Å²) in [6.07, 6.45) is 0. The number of carbonyl (C=O) groups excluding carboxylic acids is 2. The van der Waals surface area contributed by atoms with Crippen LogP contribution in [0.3, 0.4) is 0 Å². The van der Waals surface area contributed by atoms with E-state index in [9.17, 15) is 9.59 Å². The largest absolute Gasteiger partial charge is 0.481 e. The summed E-state index contributed by atoms with van der Waals surface area (Å²) in [7, 11) is 0. The van der Waals surface area contributed by atoms with Crippen molar-refractivity contribution in [2.75, 3.05) is 11.9 Å². The van der Waals surface area contributed by atoms with Gasteiger partial charge in [-0.25, -0.2) is 0 Å². The van der Waals surface area contributed by atoms with Crippen LogP contribution in [0.4, 0.5) is 5.69 Å². The fourth-order valence-corrected chi connectivity index (χ4v) is 1.31. The maximum Gasteiger partial charge on any atom is 0.262 e. The van der Waals surface area contributed by atoms with Crippen molar-refractivity contribution in [3.63, 3.8) is 0 Å². The Labute approximate surface area is 79.8 Å². The normalized spacial score (nSPS) is 13.9. The second-order valence-electron chi connectivity index (χ2n) is 2.88. The lowest BCUT2D eigenvalue weighted by molar-refractivity contribution is -0.118. The molecular weight excluding hydrogens is 184 g/mol. The van der Waals surface area contributed by atoms with Crippen LogP contribution in [0.2, 0.25) is 0 Å². The summed E-state index contributed by atoms with van der Waals surface area (Å²) in [6, 6.07) is 4.84. The Balaban J connectivity index is 2.52. The number of fused-ring (bicyclic) bond motifs is 1. The summed E-state index contributed by atoms with van der Waals surface area (Å²) >= 11 is 0. The molecule has 5 nitrogen and oxygen atoms in total. The Morgan fingerprint density at radius 3 is 3.00 bits per heavy atom. The van der Waals surface area contributed by atoms with Crippen LogP contribution in [0.1, 0.15) is 10.4 Å². The summed E-state index contributed by atoms with van der Waals surface area (Å²) in [6.45, 7) is -0.0860. The number of carbonyl (C=O) groups is 2. The summed E-state index contributed by atoms with van der Waals surface area (Å²) in [5.74, 6) is -0.461. The lowest BCUT2D eigenvalue weighted by Gasteiger charge is -2.19. The molecule has 0 spiro atoms. The first-order chi connectivity index (χ1) is 6.68. The Bertz CT molecular complexity index is 415. The van der Waals surface area contributed by atoms with Crippen molar-refractivity contribution in [3.05, 3.63) is 23.8 Å². The molecule has 1 aromatic rings. The van der Waals surface area contributed by atoms with E-state index >= 15 is 0 Å². The van der Waals surface area contributed by atoms with E-state index in [4.69, 9.17) is 10.5 Å². The SMILES string of the molecule is NC(=O)c1cccc2c1OCC(=O)N2. The number of primary amides is 1. The first kappa shape index (κ1) is 8.55. The number of hydrogen-bond donors (Lipinski definition) is 2. The van der Waals surface area contributed by atoms with E-state index in [0.717, 1.165) is 0 Å². The highest BCUT2D eigenvalue weighted by molar-refractivity contribution is 6.02. The van der Waals surface area contributed by atoms with Gasteiger partial charge in [0, 0.05) is 0 Å². The zero-order chi connectivity index (χ0) is 10.1. The molecule has 0 unspecified atom stereocenters. The van der Waals surface area contributed by atoms with Crippen molar-refractivity contribution in [3.8, 4) is 5.75 Å². The summed E-state index contributed by atoms with van der Waals surface area (Å²) < 4.78 is 5.12. The minimum Gasteiger partial charge on any atom is -0.481 e. The third kappa shape index (κ3) is 1.28. The van der Waals surface area contributed by atoms with E-state index < -0.39 is 5.91 Å². The molecule has 72 valence electrons. The first-order valence-electron chi connectivity index (χ1n) is 4.04. The molecule has 0 saturated heterocycles. The highest BCUT2D eigenvalue weighted by Crippen LogP contribution is 2.30. The van der Waals surface area contributed by atoms with Crippen molar-refractivity contribution in [2.24, 2.45) is 5.73 Å². The van der Waals surface area contributed by atoms with Gasteiger partial charge >= 0.3 is 0 Å². The molecule has 3 N–H and O–H groups in total. The van der Waals surface area contributed by atoms with E-state index in [0.29, 0.717) is 11.4 Å². The molecule has 1 aromatic carbocycles. The van der Waals surface area contributed by atoms with Gasteiger partial charge in [0.1, 0.15) is 0 Å². The number of nitrogens with two attached hydrogens (primary N) is 1. The third-order valence-electron chi connectivity index (χ3n) is 1.90. The second-order valence-corrected chi connectivity index (χ2v) is 2.88. The van der Waals surface area contributed by atoms with E-state index in [1.807, 2.05) is 0 Å². The van der Waals surface area contributed by atoms with Crippen LogP contribution < -0.4 is 15.8 Å². The number of ether oxygens (including phenoxy) is 1. The minimum absolute atomic E-state index is 0.0860. The van der Waals surface area contributed by atoms with Crippen LogP contribution in [0, 0.1) is 0 Å². The zero-order valence-electron chi connectivity index (χ0n) is 7.24. The Hall–Kier alpha value is -2.04. The van der Waals surface area contributed by atoms with Crippen molar-refractivity contribution in [1.82, 2.24) is 0 Å². The smallest absolute Gasteiger partial charge is 0.262 e. The monoisotopic (exact) mass is 192 g/mol. The van der Waals surface area contributed by atoms with Crippen LogP contribution in [0.5, 0.6) is 5.75 Å². The molecule has 0 fully saturated rings. The molecular formula is C9H8N2O3. The van der Waals surface area contributed by atoms with Crippen molar-refractivity contribution >= 4 is 17.5 Å². The lowest BCUT2D eigenvalue weighted by Crippen LogP contribution is -2.27. The Morgan fingerprint density at radius 2 is 2.29 bits per heavy atom. The average Bonchev–Trinajstić information content (AvgIpc) is 2.16. The second kappa shape index (κ2) is 3.02. The van der Waals surface area contributed by atoms with Crippen molar-refractivity contribution < 1.29 is 14.3 Å². The predicted molar refractivity (Wildman–Crippen MR) is 49.1 cm³/mol. The van der Waals surface area contributed by atoms with E-state index in [1.165, 1.54) is 0 Å². The maximum absolute atomic E-state index is 11.0. The van der Waals surface area contributed by atoms with Crippen LogP contribution in [-0.4, -0.2) is 18.4 Å². The van der Waals surface area contributed by atoms with Gasteiger partial charge in [-0.1, -0.05) is 6.07 Å². The number of benzene rings is 1. The van der Waals surface area contributed by atoms with Gasteiger partial charge < -0.3 is 15.8 Å². The van der Waals surface area contributed by atoms with Crippen LogP contribution in [-0.2, 0) is 4.79 Å². The van der Waals surface area contributed by atoms with Crippen LogP contribution in [0.15, 0.2) is 18.2 Å². The Morgan fingerprint density at radius 1 is 1.50 bits per heavy atom. The van der Waals surface area contributed by atoms with Gasteiger partial charge in [-0.05, 0) is 12.1 Å². The van der Waals surface area contributed by atoms with Gasteiger partial charge in [-0.2, -0.15) is 0 Å². The minimum atomic E-state index is -0.571. The van der Waals surface area contributed by atoms with Gasteiger partial charge in [0.2, 0.25) is 0 Å². The number of hydrogen-bond acceptors (Lipinski definition) is 3. The summed E-state index contributed by atoms with van der Waals surface area (Å²) in [4.78, 5) is 21.9. The highest BCUT2D eigenvalue weighted by atomic mass is 16.5. The fourth-order valence-electron chi connectivity index (χ4n) is 1.31. The number of anilines is 1. The summed E-state index contributed by atoms with van der Waals surface area (Å²) in [5, 5.41) is 2.58. The van der Waals surface area contributed by atoms with Crippen LogP contribution in [0.25, 0.3) is 0 Å². The number of nitrogens with one attached hydrogen (secondary N) is 1. The average molecular weight is 192 g/mol. The van der Waals surface area contributed by atoms with Gasteiger partial charge in [-0.3, -0.25) is 9.59 Å². The van der Waals surface area contributed by atoms with Crippen molar-refractivity contribution in [1.29, 1.82) is 0 Å². The predicted octanol–water partition coefficient (Wildman–Crippen LogP) is 0.116. The molecule has 0 radical (unpaired) electrons. The molecule has 0 aliphatic carbocycles. The molecule has 0 atom stereocenters. The molecule has 5 heteroatoms. The Kier molecular flexibility index (Phi) is 1.85. The molecule has 0 saturated carbocycles. The number of para-hydroxylation sites is 1. The summed E-state index contributed by atoms with van der Waals surface area (Å²) in [5.41, 5.74) is 5.90. The van der Waals surface area contributed by atoms with Crippen molar-refractivity contribution in [2.45, 2.75) is 0 Å². The molecule has 2 amide bonds. The quantitative estimate of drug-likeness (QED) is 0.662. The van der Waals surface area contributed by atoms with Gasteiger partial charge in [0.15, 0.2) is 12.4 Å². The molecule has 1 aliphatic rings. The molecule has 14 heavy (non-hydrogen) atoms. The van der Waals surface area contributed by atoms with Gasteiger partial charge in [-0.15, -0.1) is 0 Å². The van der Waals surface area contributed by atoms with Gasteiger partial charge in [0.05, 0.1) is 11.3 Å². The molecule has 2 rings (SSSR count). The molecule has 1 aliphatic heterocycles. The molecule has 0 aromatic heterocycles. The molecule has 0 bridgehead atoms. The topological polar surface area (TPSA) is 81.4 Å². The molecule has 1 heterocycles. The standard InChI is InChI=1S/C9H8N2O3/c10-9(13)5-2-1-3-6-8(5)14-4-7(12)11-6/h1-3H,4H2,(H2,10,13)(H,11,12). The van der Waals surface area contributed by atoms with Crippen LogP contribution >= 0.6 is 0 Å². The third-order valence-corrected chi connectivity index (χ3v) is 1.90. The van der Waals surface area contributed by atoms with E-state index in [-0.39, 0.29) is 18.1 Å². The highest BCUT2D eigenvalue weighted by Gasteiger charge is 2.20. The van der Waals surface area contributed by atoms with E-state index in [2.05, 4.69) is 5.32 Å². The lowest BCUT2D eigenvalue weighted by atomic mass is 10.1. The number of rotatable bonds is 1. The zero-order valence-corrected chi connectivity index (χ0v) is 7.24. The maximum atomic E-state index is 11.0.